The Morgan fingerprint density at radius 1 is 0.704 bits per heavy atom. The number of carbonyl (C=O) groups excluding carboxylic acids is 2. The minimum Gasteiger partial charge on any atom is -0.423 e. The molecule has 0 unspecified atom stereocenters. The second-order valence-corrected chi connectivity index (χ2v) is 7.04. The van der Waals surface area contributed by atoms with Gasteiger partial charge in [0.15, 0.2) is 5.78 Å². The van der Waals surface area contributed by atoms with E-state index in [1.807, 2.05) is 42.5 Å². The maximum atomic E-state index is 12.3. The number of ether oxygens (including phenoxy) is 1. The SMILES string of the molecule is CC(=O)c1ccc(C(=O)Oc2ccc(C(C)(C)c3ccccc3)cc2)cc1. The van der Waals surface area contributed by atoms with Crippen LogP contribution in [0, 0.1) is 0 Å². The Morgan fingerprint density at radius 3 is 1.78 bits per heavy atom. The summed E-state index contributed by atoms with van der Waals surface area (Å²) in [4.78, 5) is 23.6. The lowest BCUT2D eigenvalue weighted by atomic mass is 9.78. The number of Topliss-reactive ketones (excluding diaryl/α,β-unsaturated/α-hetero) is 1. The molecule has 27 heavy (non-hydrogen) atoms. The maximum Gasteiger partial charge on any atom is 0.343 e. The van der Waals surface area contributed by atoms with Gasteiger partial charge in [-0.25, -0.2) is 4.79 Å². The van der Waals surface area contributed by atoms with E-state index >= 15 is 0 Å². The van der Waals surface area contributed by atoms with Crippen LogP contribution in [0.4, 0.5) is 0 Å². The molecule has 0 spiro atoms. The minimum absolute atomic E-state index is 0.0356. The highest BCUT2D eigenvalue weighted by atomic mass is 16.5. The largest absolute Gasteiger partial charge is 0.423 e. The van der Waals surface area contributed by atoms with Crippen molar-refractivity contribution in [2.24, 2.45) is 0 Å². The van der Waals surface area contributed by atoms with Crippen molar-refractivity contribution in [1.29, 1.82) is 0 Å². The molecular weight excluding hydrogens is 336 g/mol. The molecule has 0 amide bonds. The summed E-state index contributed by atoms with van der Waals surface area (Å²) in [6, 6.07) is 24.3. The van der Waals surface area contributed by atoms with E-state index in [4.69, 9.17) is 4.74 Å². The molecule has 0 N–H and O–H groups in total. The van der Waals surface area contributed by atoms with Gasteiger partial charge in [-0.2, -0.15) is 0 Å². The summed E-state index contributed by atoms with van der Waals surface area (Å²) in [5, 5.41) is 0. The third kappa shape index (κ3) is 4.14. The molecule has 3 aromatic rings. The van der Waals surface area contributed by atoms with Gasteiger partial charge in [0.05, 0.1) is 5.56 Å². The van der Waals surface area contributed by atoms with Crippen LogP contribution in [0.3, 0.4) is 0 Å². The van der Waals surface area contributed by atoms with Gasteiger partial charge in [-0.3, -0.25) is 4.79 Å². The van der Waals surface area contributed by atoms with E-state index in [0.717, 1.165) is 5.56 Å². The summed E-state index contributed by atoms with van der Waals surface area (Å²) in [7, 11) is 0. The molecule has 0 aliphatic carbocycles. The number of ketones is 1. The van der Waals surface area contributed by atoms with E-state index in [9.17, 15) is 9.59 Å². The molecule has 3 aromatic carbocycles. The third-order valence-electron chi connectivity index (χ3n) is 4.81. The van der Waals surface area contributed by atoms with Crippen molar-refractivity contribution < 1.29 is 14.3 Å². The van der Waals surface area contributed by atoms with E-state index in [1.165, 1.54) is 12.5 Å². The Labute approximate surface area is 159 Å². The van der Waals surface area contributed by atoms with Crippen molar-refractivity contribution in [3.05, 3.63) is 101 Å². The summed E-state index contributed by atoms with van der Waals surface area (Å²) in [5.41, 5.74) is 3.19. The smallest absolute Gasteiger partial charge is 0.343 e. The van der Waals surface area contributed by atoms with Crippen molar-refractivity contribution in [3.8, 4) is 5.75 Å². The molecule has 0 radical (unpaired) electrons. The number of hydrogen-bond donors (Lipinski definition) is 0. The molecule has 0 saturated carbocycles. The molecule has 0 heterocycles. The molecule has 3 nitrogen and oxygen atoms in total. The second kappa shape index (κ2) is 7.58. The zero-order chi connectivity index (χ0) is 19.4. The predicted octanol–water partition coefficient (Wildman–Crippen LogP) is 5.43. The lowest BCUT2D eigenvalue weighted by Gasteiger charge is -2.26. The van der Waals surface area contributed by atoms with E-state index in [-0.39, 0.29) is 11.2 Å². The van der Waals surface area contributed by atoms with Crippen LogP contribution >= 0.6 is 0 Å². The summed E-state index contributed by atoms with van der Waals surface area (Å²) in [6.45, 7) is 5.83. The van der Waals surface area contributed by atoms with Crippen LogP contribution in [0.2, 0.25) is 0 Å². The molecule has 3 heteroatoms. The van der Waals surface area contributed by atoms with Crippen molar-refractivity contribution in [2.45, 2.75) is 26.2 Å². The summed E-state index contributed by atoms with van der Waals surface area (Å²) < 4.78 is 5.45. The van der Waals surface area contributed by atoms with Crippen LogP contribution in [-0.4, -0.2) is 11.8 Å². The van der Waals surface area contributed by atoms with Crippen LogP contribution in [0.5, 0.6) is 5.75 Å². The number of hydrogen-bond acceptors (Lipinski definition) is 3. The lowest BCUT2D eigenvalue weighted by molar-refractivity contribution is 0.0734. The molecule has 136 valence electrons. The van der Waals surface area contributed by atoms with Gasteiger partial charge in [-0.1, -0.05) is 68.4 Å². The zero-order valence-corrected chi connectivity index (χ0v) is 15.7. The van der Waals surface area contributed by atoms with Gasteiger partial charge in [-0.15, -0.1) is 0 Å². The fourth-order valence-electron chi connectivity index (χ4n) is 2.97. The van der Waals surface area contributed by atoms with Crippen LogP contribution < -0.4 is 4.74 Å². The van der Waals surface area contributed by atoms with E-state index in [1.54, 1.807) is 24.3 Å². The number of carbonyl (C=O) groups is 2. The van der Waals surface area contributed by atoms with E-state index in [0.29, 0.717) is 16.9 Å². The standard InChI is InChI=1S/C24H22O3/c1-17(25)18-9-11-19(12-10-18)23(26)27-22-15-13-21(14-16-22)24(2,3)20-7-5-4-6-8-20/h4-16H,1-3H3. The van der Waals surface area contributed by atoms with Gasteiger partial charge in [0.25, 0.3) is 0 Å². The Kier molecular flexibility index (Phi) is 5.22. The van der Waals surface area contributed by atoms with Gasteiger partial charge in [0, 0.05) is 11.0 Å². The van der Waals surface area contributed by atoms with Crippen LogP contribution in [0.15, 0.2) is 78.9 Å². The van der Waals surface area contributed by atoms with Crippen molar-refractivity contribution in [2.75, 3.05) is 0 Å². The molecule has 0 aromatic heterocycles. The Hall–Kier alpha value is -3.20. The van der Waals surface area contributed by atoms with E-state index < -0.39 is 5.97 Å². The molecule has 0 atom stereocenters. The molecule has 3 rings (SSSR count). The highest BCUT2D eigenvalue weighted by Gasteiger charge is 2.22. The molecular formula is C24H22O3. The first kappa shape index (κ1) is 18.6. The number of esters is 1. The fourth-order valence-corrected chi connectivity index (χ4v) is 2.97. The fraction of sp³-hybridized carbons (Fsp3) is 0.167. The highest BCUT2D eigenvalue weighted by Crippen LogP contribution is 2.32. The van der Waals surface area contributed by atoms with Crippen LogP contribution in [-0.2, 0) is 5.41 Å². The normalized spacial score (nSPS) is 11.1. The second-order valence-electron chi connectivity index (χ2n) is 7.04. The number of benzene rings is 3. The first-order valence-electron chi connectivity index (χ1n) is 8.87. The van der Waals surface area contributed by atoms with Crippen molar-refractivity contribution >= 4 is 11.8 Å². The van der Waals surface area contributed by atoms with E-state index in [2.05, 4.69) is 26.0 Å². The van der Waals surface area contributed by atoms with Crippen LogP contribution in [0.1, 0.15) is 52.6 Å². The molecule has 0 bridgehead atoms. The number of rotatable bonds is 5. The monoisotopic (exact) mass is 358 g/mol. The predicted molar refractivity (Wildman–Crippen MR) is 106 cm³/mol. The molecule has 0 fully saturated rings. The first-order valence-corrected chi connectivity index (χ1v) is 8.87. The quantitative estimate of drug-likeness (QED) is 0.347. The van der Waals surface area contributed by atoms with Crippen molar-refractivity contribution in [1.82, 2.24) is 0 Å². The lowest BCUT2D eigenvalue weighted by Crippen LogP contribution is -2.18. The summed E-state index contributed by atoms with van der Waals surface area (Å²) in [6.07, 6.45) is 0. The minimum atomic E-state index is -0.444. The van der Waals surface area contributed by atoms with Gasteiger partial charge in [-0.05, 0) is 42.3 Å². The molecule has 0 saturated heterocycles. The van der Waals surface area contributed by atoms with Crippen LogP contribution in [0.25, 0.3) is 0 Å². The maximum absolute atomic E-state index is 12.3. The average Bonchev–Trinajstić information content (AvgIpc) is 2.69. The zero-order valence-electron chi connectivity index (χ0n) is 15.7. The topological polar surface area (TPSA) is 43.4 Å². The average molecular weight is 358 g/mol. The highest BCUT2D eigenvalue weighted by molar-refractivity contribution is 5.96. The summed E-state index contributed by atoms with van der Waals surface area (Å²) in [5.74, 6) is 0.00923. The van der Waals surface area contributed by atoms with Gasteiger partial charge < -0.3 is 4.74 Å². The Bertz CT molecular complexity index is 937. The van der Waals surface area contributed by atoms with Gasteiger partial charge in [0.1, 0.15) is 5.75 Å². The summed E-state index contributed by atoms with van der Waals surface area (Å²) >= 11 is 0. The third-order valence-corrected chi connectivity index (χ3v) is 4.81. The van der Waals surface area contributed by atoms with Gasteiger partial charge in [0.2, 0.25) is 0 Å². The molecule has 0 aliphatic rings. The first-order chi connectivity index (χ1) is 12.9. The molecule has 0 aliphatic heterocycles. The Morgan fingerprint density at radius 2 is 1.22 bits per heavy atom. The van der Waals surface area contributed by atoms with Gasteiger partial charge >= 0.3 is 5.97 Å². The Balaban J connectivity index is 1.74. The van der Waals surface area contributed by atoms with Crippen molar-refractivity contribution in [3.63, 3.8) is 0 Å².